The quantitative estimate of drug-likeness (QED) is 0.362. The van der Waals surface area contributed by atoms with E-state index in [1.807, 2.05) is 12.1 Å². The molecule has 3 heterocycles. The average molecular weight is 516 g/mol. The number of carbonyl (C=O) groups is 1. The molecule has 1 unspecified atom stereocenters. The minimum atomic E-state index is -4.00. The van der Waals surface area contributed by atoms with Crippen molar-refractivity contribution >= 4 is 42.6 Å². The van der Waals surface area contributed by atoms with Crippen LogP contribution in [0.4, 0.5) is 9.52 Å². The fourth-order valence-electron chi connectivity index (χ4n) is 4.19. The van der Waals surface area contributed by atoms with Crippen LogP contribution in [0.5, 0.6) is 5.75 Å². The first-order valence-corrected chi connectivity index (χ1v) is 13.2. The second-order valence-electron chi connectivity index (χ2n) is 8.03. The molecular weight excluding hydrogens is 493 g/mol. The molecule has 1 atom stereocenters. The molecular formula is C24H22FN3O5S2. The molecule has 0 spiro atoms. The molecule has 1 aliphatic rings. The van der Waals surface area contributed by atoms with E-state index in [0.29, 0.717) is 35.0 Å². The number of amides is 1. The smallest absolute Gasteiger partial charge is 0.247 e. The summed E-state index contributed by atoms with van der Waals surface area (Å²) < 4.78 is 53.0. The number of nitrogens with zero attached hydrogens (tertiary/aromatic N) is 3. The van der Waals surface area contributed by atoms with Crippen LogP contribution in [0.2, 0.25) is 0 Å². The molecule has 2 aromatic carbocycles. The van der Waals surface area contributed by atoms with E-state index in [1.54, 1.807) is 25.3 Å². The maximum atomic E-state index is 13.9. The van der Waals surface area contributed by atoms with Gasteiger partial charge in [0.15, 0.2) is 5.13 Å². The molecule has 4 aromatic rings. The lowest BCUT2D eigenvalue weighted by molar-refractivity contribution is -0.121. The van der Waals surface area contributed by atoms with Crippen LogP contribution in [0, 0.1) is 5.82 Å². The summed E-state index contributed by atoms with van der Waals surface area (Å²) >= 11 is 1.31. The van der Waals surface area contributed by atoms with Crippen molar-refractivity contribution in [2.24, 2.45) is 0 Å². The molecule has 5 rings (SSSR count). The van der Waals surface area contributed by atoms with E-state index in [4.69, 9.17) is 9.15 Å². The molecule has 1 fully saturated rings. The molecule has 0 saturated carbocycles. The van der Waals surface area contributed by atoms with Crippen molar-refractivity contribution < 1.29 is 26.8 Å². The molecule has 11 heteroatoms. The molecule has 8 nitrogen and oxygen atoms in total. The number of hydrogen-bond acceptors (Lipinski definition) is 7. The number of fused-ring (bicyclic) bond motifs is 1. The number of para-hydroxylation sites is 1. The molecule has 1 aliphatic heterocycles. The van der Waals surface area contributed by atoms with E-state index < -0.39 is 27.8 Å². The van der Waals surface area contributed by atoms with Gasteiger partial charge in [-0.2, -0.15) is 4.31 Å². The molecule has 0 N–H and O–H groups in total. The van der Waals surface area contributed by atoms with Gasteiger partial charge in [-0.1, -0.05) is 17.4 Å². The van der Waals surface area contributed by atoms with Gasteiger partial charge in [0, 0.05) is 6.54 Å². The van der Waals surface area contributed by atoms with Gasteiger partial charge in [0.25, 0.3) is 0 Å². The van der Waals surface area contributed by atoms with Crippen LogP contribution in [0.1, 0.15) is 18.6 Å². The largest absolute Gasteiger partial charge is 0.494 e. The highest BCUT2D eigenvalue weighted by Gasteiger charge is 2.42. The number of furan rings is 1. The molecule has 1 saturated heterocycles. The lowest BCUT2D eigenvalue weighted by atomic mass is 10.2. The van der Waals surface area contributed by atoms with Crippen LogP contribution in [0.3, 0.4) is 0 Å². The van der Waals surface area contributed by atoms with Gasteiger partial charge in [0.1, 0.15) is 28.9 Å². The van der Waals surface area contributed by atoms with Crippen LogP contribution >= 0.6 is 11.3 Å². The minimum Gasteiger partial charge on any atom is -0.494 e. The highest BCUT2D eigenvalue weighted by Crippen LogP contribution is 2.36. The van der Waals surface area contributed by atoms with Crippen LogP contribution in [0.25, 0.3) is 10.2 Å². The van der Waals surface area contributed by atoms with Gasteiger partial charge in [-0.25, -0.2) is 17.8 Å². The summed E-state index contributed by atoms with van der Waals surface area (Å²) in [5, 5.41) is 0.414. The van der Waals surface area contributed by atoms with Gasteiger partial charge in [-0.3, -0.25) is 9.69 Å². The number of carbonyl (C=O) groups excluding carboxylic acids is 1. The topological polar surface area (TPSA) is 93.0 Å². The molecule has 0 radical (unpaired) electrons. The average Bonchev–Trinajstić information content (AvgIpc) is 3.62. The Morgan fingerprint density at radius 1 is 1.23 bits per heavy atom. The molecule has 0 bridgehead atoms. The number of thiazole rings is 1. The maximum absolute atomic E-state index is 13.9. The predicted octanol–water partition coefficient (Wildman–Crippen LogP) is 4.42. The summed E-state index contributed by atoms with van der Waals surface area (Å²) in [6.07, 6.45) is 2.40. The van der Waals surface area contributed by atoms with Crippen LogP contribution in [-0.4, -0.2) is 43.3 Å². The Hall–Kier alpha value is -3.28. The van der Waals surface area contributed by atoms with E-state index in [-0.39, 0.29) is 18.0 Å². The fourth-order valence-corrected chi connectivity index (χ4v) is 6.83. The number of aromatic nitrogens is 1. The van der Waals surface area contributed by atoms with Crippen molar-refractivity contribution in [2.75, 3.05) is 18.6 Å². The van der Waals surface area contributed by atoms with E-state index in [0.717, 1.165) is 16.8 Å². The Morgan fingerprint density at radius 2 is 2.03 bits per heavy atom. The fraction of sp³-hybridized carbons (Fsp3) is 0.250. The summed E-state index contributed by atoms with van der Waals surface area (Å²) in [6, 6.07) is 12.7. The molecule has 182 valence electrons. The van der Waals surface area contributed by atoms with Gasteiger partial charge in [-0.15, -0.1) is 0 Å². The molecule has 0 aliphatic carbocycles. The Kier molecular flexibility index (Phi) is 6.30. The number of benzene rings is 2. The SMILES string of the molecule is COc1cccc2sc(N(Cc3ccco3)C(=O)C3CCCN3S(=O)(=O)c3ccc(F)cc3)nc12. The molecule has 1 amide bonds. The molecule has 35 heavy (non-hydrogen) atoms. The number of rotatable bonds is 7. The number of anilines is 1. The number of hydrogen-bond donors (Lipinski definition) is 0. The van der Waals surface area contributed by atoms with Crippen molar-refractivity contribution in [3.63, 3.8) is 0 Å². The summed E-state index contributed by atoms with van der Waals surface area (Å²) in [6.45, 7) is 0.285. The van der Waals surface area contributed by atoms with Crippen molar-refractivity contribution in [3.05, 3.63) is 72.4 Å². The third-order valence-corrected chi connectivity index (χ3v) is 8.86. The number of sulfonamides is 1. The first kappa shape index (κ1) is 23.5. The first-order chi connectivity index (χ1) is 16.9. The zero-order valence-electron chi connectivity index (χ0n) is 18.8. The summed E-state index contributed by atoms with van der Waals surface area (Å²) in [7, 11) is -2.45. The molecule has 2 aromatic heterocycles. The Morgan fingerprint density at radius 3 is 2.74 bits per heavy atom. The zero-order chi connectivity index (χ0) is 24.6. The van der Waals surface area contributed by atoms with Crippen LogP contribution in [0.15, 0.2) is 70.2 Å². The van der Waals surface area contributed by atoms with Crippen LogP contribution < -0.4 is 9.64 Å². The van der Waals surface area contributed by atoms with E-state index in [1.165, 1.54) is 38.9 Å². The van der Waals surface area contributed by atoms with Gasteiger partial charge >= 0.3 is 0 Å². The number of ether oxygens (including phenoxy) is 1. The van der Waals surface area contributed by atoms with Crippen molar-refractivity contribution in [3.8, 4) is 5.75 Å². The van der Waals surface area contributed by atoms with Crippen molar-refractivity contribution in [2.45, 2.75) is 30.3 Å². The summed E-state index contributed by atoms with van der Waals surface area (Å²) in [5.41, 5.74) is 0.620. The monoisotopic (exact) mass is 515 g/mol. The number of methoxy groups -OCH3 is 1. The number of halogens is 1. The maximum Gasteiger partial charge on any atom is 0.247 e. The minimum absolute atomic E-state index is 0.0547. The predicted molar refractivity (Wildman–Crippen MR) is 129 cm³/mol. The zero-order valence-corrected chi connectivity index (χ0v) is 20.4. The Bertz CT molecular complexity index is 1450. The van der Waals surface area contributed by atoms with Gasteiger partial charge in [0.05, 0.1) is 29.5 Å². The first-order valence-electron chi connectivity index (χ1n) is 10.9. The van der Waals surface area contributed by atoms with Gasteiger partial charge < -0.3 is 9.15 Å². The third-order valence-electron chi connectivity index (χ3n) is 5.89. The second-order valence-corrected chi connectivity index (χ2v) is 10.9. The Labute approximate surface area is 205 Å². The van der Waals surface area contributed by atoms with Crippen LogP contribution in [-0.2, 0) is 21.4 Å². The lowest BCUT2D eigenvalue weighted by Gasteiger charge is -2.28. The van der Waals surface area contributed by atoms with E-state index in [9.17, 15) is 17.6 Å². The van der Waals surface area contributed by atoms with E-state index in [2.05, 4.69) is 4.98 Å². The van der Waals surface area contributed by atoms with Gasteiger partial charge in [-0.05, 0) is 61.4 Å². The highest BCUT2D eigenvalue weighted by atomic mass is 32.2. The Balaban J connectivity index is 1.52. The standard InChI is InChI=1S/C24H22FN3O5S2/c1-32-20-7-2-8-21-22(20)26-24(34-21)27(15-17-5-4-14-33-17)23(29)19-6-3-13-28(19)35(30,31)18-11-9-16(25)10-12-18/h2,4-5,7-12,14,19H,3,6,13,15H2,1H3. The summed E-state index contributed by atoms with van der Waals surface area (Å²) in [5.74, 6) is 0.184. The third kappa shape index (κ3) is 4.42. The van der Waals surface area contributed by atoms with E-state index >= 15 is 0 Å². The van der Waals surface area contributed by atoms with Crippen molar-refractivity contribution in [1.29, 1.82) is 0 Å². The normalized spacial score (nSPS) is 16.6. The van der Waals surface area contributed by atoms with Gasteiger partial charge in [0.2, 0.25) is 15.9 Å². The summed E-state index contributed by atoms with van der Waals surface area (Å²) in [4.78, 5) is 20.0. The highest BCUT2D eigenvalue weighted by molar-refractivity contribution is 7.89. The van der Waals surface area contributed by atoms with Crippen molar-refractivity contribution in [1.82, 2.24) is 9.29 Å². The lowest BCUT2D eigenvalue weighted by Crippen LogP contribution is -2.47. The second kappa shape index (κ2) is 9.40.